The van der Waals surface area contributed by atoms with E-state index in [1.54, 1.807) is 10.7 Å². The van der Waals surface area contributed by atoms with Gasteiger partial charge >= 0.3 is 0 Å². The molecule has 1 aromatic carbocycles. The minimum Gasteiger partial charge on any atom is -0.250 e. The van der Waals surface area contributed by atoms with Crippen molar-refractivity contribution in [3.05, 3.63) is 42.2 Å². The average molecular weight is 211 g/mol. The second-order valence-corrected chi connectivity index (χ2v) is 3.53. The van der Waals surface area contributed by atoms with Gasteiger partial charge in [-0.25, -0.2) is 0 Å². The summed E-state index contributed by atoms with van der Waals surface area (Å²) in [6.45, 7) is 1.92. The van der Waals surface area contributed by atoms with Crippen LogP contribution in [0.4, 0.5) is 0 Å². The number of nitrogens with zero attached hydrogens (tertiary/aromatic N) is 5. The summed E-state index contributed by atoms with van der Waals surface area (Å²) >= 11 is 0. The number of hydrogen-bond donors (Lipinski definition) is 0. The van der Waals surface area contributed by atoms with Crippen molar-refractivity contribution in [3.63, 3.8) is 0 Å². The van der Waals surface area contributed by atoms with Gasteiger partial charge in [0.1, 0.15) is 5.69 Å². The average Bonchev–Trinajstić information content (AvgIpc) is 2.81. The van der Waals surface area contributed by atoms with Gasteiger partial charge in [0, 0.05) is 11.8 Å². The molecule has 16 heavy (non-hydrogen) atoms. The maximum absolute atomic E-state index is 4.39. The first-order valence-corrected chi connectivity index (χ1v) is 4.95. The fourth-order valence-corrected chi connectivity index (χ4v) is 1.64. The van der Waals surface area contributed by atoms with Crippen molar-refractivity contribution in [1.82, 2.24) is 25.0 Å². The second-order valence-electron chi connectivity index (χ2n) is 3.53. The predicted molar refractivity (Wildman–Crippen MR) is 58.8 cm³/mol. The maximum Gasteiger partial charge on any atom is 0.205 e. The molecule has 0 amide bonds. The molecule has 5 nitrogen and oxygen atoms in total. The largest absolute Gasteiger partial charge is 0.250 e. The first-order chi connectivity index (χ1) is 7.86. The summed E-state index contributed by atoms with van der Waals surface area (Å²) in [4.78, 5) is 4.39. The summed E-state index contributed by atoms with van der Waals surface area (Å²) in [5.41, 5.74) is 3.42. The van der Waals surface area contributed by atoms with E-state index >= 15 is 0 Å². The Labute approximate surface area is 91.8 Å². The summed E-state index contributed by atoms with van der Waals surface area (Å²) in [6, 6.07) is 9.89. The van der Waals surface area contributed by atoms with E-state index in [0.29, 0.717) is 5.65 Å². The molecular weight excluding hydrogens is 202 g/mol. The monoisotopic (exact) mass is 211 g/mol. The van der Waals surface area contributed by atoms with Gasteiger partial charge in [0.2, 0.25) is 5.65 Å². The first kappa shape index (κ1) is 8.96. The Morgan fingerprint density at radius 1 is 1.12 bits per heavy atom. The van der Waals surface area contributed by atoms with Crippen molar-refractivity contribution in [2.75, 3.05) is 0 Å². The third-order valence-corrected chi connectivity index (χ3v) is 2.44. The van der Waals surface area contributed by atoms with Crippen LogP contribution >= 0.6 is 0 Å². The van der Waals surface area contributed by atoms with Gasteiger partial charge in [-0.15, -0.1) is 5.10 Å². The van der Waals surface area contributed by atoms with E-state index in [9.17, 15) is 0 Å². The lowest BCUT2D eigenvalue weighted by Gasteiger charge is -2.02. The summed E-state index contributed by atoms with van der Waals surface area (Å²) in [5, 5.41) is 11.6. The lowest BCUT2D eigenvalue weighted by atomic mass is 10.1. The van der Waals surface area contributed by atoms with Gasteiger partial charge in [0.05, 0.1) is 5.69 Å². The Morgan fingerprint density at radius 3 is 2.75 bits per heavy atom. The Balaban J connectivity index is 2.33. The van der Waals surface area contributed by atoms with Crippen LogP contribution in [0.3, 0.4) is 0 Å². The van der Waals surface area contributed by atoms with Crippen LogP contribution < -0.4 is 0 Å². The van der Waals surface area contributed by atoms with Crippen LogP contribution in [0.5, 0.6) is 0 Å². The number of rotatable bonds is 1. The molecule has 0 saturated carbocycles. The van der Waals surface area contributed by atoms with Crippen LogP contribution in [0.1, 0.15) is 5.69 Å². The van der Waals surface area contributed by atoms with Crippen molar-refractivity contribution in [1.29, 1.82) is 0 Å². The zero-order valence-electron chi connectivity index (χ0n) is 8.70. The predicted octanol–water partition coefficient (Wildman–Crippen LogP) is 1.49. The fraction of sp³-hybridized carbons (Fsp3) is 0.0909. The molecule has 78 valence electrons. The van der Waals surface area contributed by atoms with Crippen LogP contribution in [0.2, 0.25) is 0 Å². The number of aromatic nitrogens is 5. The second kappa shape index (κ2) is 3.37. The van der Waals surface area contributed by atoms with Gasteiger partial charge in [-0.05, 0) is 17.4 Å². The van der Waals surface area contributed by atoms with Crippen molar-refractivity contribution in [2.45, 2.75) is 6.92 Å². The molecule has 0 aliphatic rings. The minimum atomic E-state index is 0.686. The third-order valence-electron chi connectivity index (χ3n) is 2.44. The van der Waals surface area contributed by atoms with Gasteiger partial charge in [0.15, 0.2) is 0 Å². The fourth-order valence-electron chi connectivity index (χ4n) is 1.64. The molecule has 0 aliphatic heterocycles. The quantitative estimate of drug-likeness (QED) is 0.612. The van der Waals surface area contributed by atoms with Crippen LogP contribution in [-0.2, 0) is 0 Å². The number of hydrogen-bond acceptors (Lipinski definition) is 4. The maximum atomic E-state index is 4.39. The van der Waals surface area contributed by atoms with Crippen LogP contribution in [-0.4, -0.2) is 25.0 Å². The highest BCUT2D eigenvalue weighted by atomic mass is 15.5. The highest BCUT2D eigenvalue weighted by Gasteiger charge is 2.09. The zero-order valence-corrected chi connectivity index (χ0v) is 8.70. The molecule has 0 atom stereocenters. The Hall–Kier alpha value is -2.30. The summed E-state index contributed by atoms with van der Waals surface area (Å²) < 4.78 is 1.69. The summed E-state index contributed by atoms with van der Waals surface area (Å²) in [5.74, 6) is 0. The van der Waals surface area contributed by atoms with E-state index in [1.807, 2.05) is 37.3 Å². The summed E-state index contributed by atoms with van der Waals surface area (Å²) in [7, 11) is 0. The highest BCUT2D eigenvalue weighted by molar-refractivity contribution is 5.72. The number of fused-ring (bicyclic) bond motifs is 1. The van der Waals surface area contributed by atoms with Crippen molar-refractivity contribution < 1.29 is 0 Å². The lowest BCUT2D eigenvalue weighted by Crippen LogP contribution is -1.98. The normalized spacial score (nSPS) is 10.8. The van der Waals surface area contributed by atoms with Crippen LogP contribution in [0.15, 0.2) is 36.5 Å². The van der Waals surface area contributed by atoms with Gasteiger partial charge in [-0.2, -0.15) is 4.52 Å². The highest BCUT2D eigenvalue weighted by Crippen LogP contribution is 2.20. The van der Waals surface area contributed by atoms with Gasteiger partial charge < -0.3 is 0 Å². The molecule has 0 N–H and O–H groups in total. The summed E-state index contributed by atoms with van der Waals surface area (Å²) in [6.07, 6.45) is 1.77. The topological polar surface area (TPSA) is 56.0 Å². The molecule has 0 fully saturated rings. The third kappa shape index (κ3) is 1.25. The van der Waals surface area contributed by atoms with E-state index in [4.69, 9.17) is 0 Å². The van der Waals surface area contributed by atoms with Gasteiger partial charge in [-0.3, -0.25) is 4.98 Å². The van der Waals surface area contributed by atoms with E-state index < -0.39 is 0 Å². The van der Waals surface area contributed by atoms with Crippen LogP contribution in [0.25, 0.3) is 16.9 Å². The lowest BCUT2D eigenvalue weighted by molar-refractivity contribution is 0.799. The Bertz CT molecular complexity index is 629. The minimum absolute atomic E-state index is 0.686. The molecule has 0 unspecified atom stereocenters. The van der Waals surface area contributed by atoms with Crippen LogP contribution in [0, 0.1) is 6.92 Å². The molecule has 0 aliphatic carbocycles. The first-order valence-electron chi connectivity index (χ1n) is 4.95. The van der Waals surface area contributed by atoms with Crippen molar-refractivity contribution >= 4 is 5.65 Å². The van der Waals surface area contributed by atoms with E-state index in [0.717, 1.165) is 17.0 Å². The molecule has 0 bridgehead atoms. The Morgan fingerprint density at radius 2 is 1.94 bits per heavy atom. The SMILES string of the molecule is Cc1cnc(-c2ccccc2)c2nnnn12. The van der Waals surface area contributed by atoms with Crippen molar-refractivity contribution in [2.24, 2.45) is 0 Å². The van der Waals surface area contributed by atoms with E-state index in [-0.39, 0.29) is 0 Å². The van der Waals surface area contributed by atoms with E-state index in [1.165, 1.54) is 0 Å². The molecule has 0 saturated heterocycles. The number of tetrazole rings is 1. The number of benzene rings is 1. The molecule has 3 aromatic rings. The molecule has 3 rings (SSSR count). The molecule has 5 heteroatoms. The van der Waals surface area contributed by atoms with Gasteiger partial charge in [-0.1, -0.05) is 30.3 Å². The molecule has 2 aromatic heterocycles. The van der Waals surface area contributed by atoms with Crippen molar-refractivity contribution in [3.8, 4) is 11.3 Å². The molecule has 2 heterocycles. The Kier molecular flexibility index (Phi) is 1.89. The molecular formula is C11H9N5. The zero-order chi connectivity index (χ0) is 11.0. The molecule has 0 radical (unpaired) electrons. The number of aryl methyl sites for hydroxylation is 1. The van der Waals surface area contributed by atoms with E-state index in [2.05, 4.69) is 20.5 Å². The smallest absolute Gasteiger partial charge is 0.205 e. The van der Waals surface area contributed by atoms with Gasteiger partial charge in [0.25, 0.3) is 0 Å². The molecule has 0 spiro atoms. The standard InChI is InChI=1S/C11H9N5/c1-8-7-12-10(9-5-3-2-4-6-9)11-13-14-15-16(8)11/h2-7H,1H3.